The summed E-state index contributed by atoms with van der Waals surface area (Å²) in [7, 11) is 0. The number of nitrogens with one attached hydrogen (secondary N) is 3. The first kappa shape index (κ1) is 23.6. The van der Waals surface area contributed by atoms with Crippen molar-refractivity contribution in [2.45, 2.75) is 38.3 Å². The van der Waals surface area contributed by atoms with E-state index in [0.717, 1.165) is 6.07 Å². The fourth-order valence-electron chi connectivity index (χ4n) is 3.87. The van der Waals surface area contributed by atoms with Gasteiger partial charge in [-0.1, -0.05) is 0 Å². The molecule has 1 aromatic carbocycles. The number of carbonyl (C=O) groups excluding carboxylic acids is 1. The molecule has 0 spiro atoms. The maximum absolute atomic E-state index is 15.0. The molecule has 1 saturated heterocycles. The molecule has 3 atom stereocenters. The summed E-state index contributed by atoms with van der Waals surface area (Å²) in [5.74, 6) is -0.920. The molecule has 5 rings (SSSR count). The van der Waals surface area contributed by atoms with Crippen LogP contribution in [-0.4, -0.2) is 55.6 Å². The lowest BCUT2D eigenvalue weighted by atomic mass is 10.1. The Kier molecular flexibility index (Phi) is 6.22. The predicted molar refractivity (Wildman–Crippen MR) is 122 cm³/mol. The molecule has 3 N–H and O–H groups in total. The minimum Gasteiger partial charge on any atom is -0.441 e. The maximum Gasteiger partial charge on any atom is 0.407 e. The van der Waals surface area contributed by atoms with E-state index in [-0.39, 0.29) is 35.7 Å². The number of imidazole rings is 1. The highest BCUT2D eigenvalue weighted by molar-refractivity contribution is 5.68. The van der Waals surface area contributed by atoms with E-state index in [0.29, 0.717) is 11.3 Å². The number of aromatic amines is 1. The highest BCUT2D eigenvalue weighted by Crippen LogP contribution is 2.34. The van der Waals surface area contributed by atoms with Gasteiger partial charge in [-0.05, 0) is 26.0 Å². The summed E-state index contributed by atoms with van der Waals surface area (Å²) in [5.41, 5.74) is 1.32. The lowest BCUT2D eigenvalue weighted by Gasteiger charge is -2.16. The van der Waals surface area contributed by atoms with E-state index in [4.69, 9.17) is 9.47 Å². The normalized spacial score (nSPS) is 19.7. The van der Waals surface area contributed by atoms with Crippen LogP contribution in [0.2, 0.25) is 0 Å². The van der Waals surface area contributed by atoms with Gasteiger partial charge in [-0.25, -0.2) is 27.9 Å². The van der Waals surface area contributed by atoms with Crippen LogP contribution in [0.5, 0.6) is 0 Å². The molecule has 1 aliphatic heterocycles. The second-order valence-corrected chi connectivity index (χ2v) is 8.55. The smallest absolute Gasteiger partial charge is 0.407 e. The number of anilines is 2. The third-order valence-corrected chi connectivity index (χ3v) is 5.44. The lowest BCUT2D eigenvalue weighted by molar-refractivity contribution is 0.0615. The van der Waals surface area contributed by atoms with E-state index in [2.05, 4.69) is 30.8 Å². The second kappa shape index (κ2) is 9.49. The number of benzene rings is 1. The Labute approximate surface area is 202 Å². The van der Waals surface area contributed by atoms with E-state index in [9.17, 15) is 18.0 Å². The minimum absolute atomic E-state index is 0.109. The molecule has 4 heterocycles. The summed E-state index contributed by atoms with van der Waals surface area (Å²) in [5, 5.41) is 12.4. The average molecular weight is 501 g/mol. The molecule has 1 fully saturated rings. The minimum atomic E-state index is -1.61. The van der Waals surface area contributed by atoms with Gasteiger partial charge >= 0.3 is 6.09 Å². The zero-order valence-electron chi connectivity index (χ0n) is 19.2. The lowest BCUT2D eigenvalue weighted by Crippen LogP contribution is -2.36. The SMILES string of the molecule is CC(C)NC(=O)O[C@@H]1CO[C@H](c2cc(Nc3nc(-c4cc(F)cc(F)c4)cc4nccn34)n[nH]2)[C@@H]1F. The molecule has 0 bridgehead atoms. The molecule has 188 valence electrons. The Morgan fingerprint density at radius 1 is 1.22 bits per heavy atom. The van der Waals surface area contributed by atoms with Crippen molar-refractivity contribution in [1.82, 2.24) is 29.9 Å². The van der Waals surface area contributed by atoms with Gasteiger partial charge in [0.1, 0.15) is 23.4 Å². The predicted octanol–water partition coefficient (Wildman–Crippen LogP) is 4.05. The molecular formula is C23H22F3N7O3. The number of carbonyl (C=O) groups is 1. The number of fused-ring (bicyclic) bond motifs is 1. The summed E-state index contributed by atoms with van der Waals surface area (Å²) in [4.78, 5) is 20.5. The number of alkyl halides is 1. The van der Waals surface area contributed by atoms with Crippen molar-refractivity contribution in [3.63, 3.8) is 0 Å². The van der Waals surface area contributed by atoms with Crippen molar-refractivity contribution >= 4 is 23.5 Å². The van der Waals surface area contributed by atoms with Crippen LogP contribution in [0.3, 0.4) is 0 Å². The third-order valence-electron chi connectivity index (χ3n) is 5.44. The topological polar surface area (TPSA) is 118 Å². The number of aromatic nitrogens is 5. The van der Waals surface area contributed by atoms with Gasteiger partial charge in [0.2, 0.25) is 5.95 Å². The number of halogens is 3. The van der Waals surface area contributed by atoms with Gasteiger partial charge in [-0.3, -0.25) is 9.50 Å². The largest absolute Gasteiger partial charge is 0.441 e. The molecule has 0 aliphatic carbocycles. The summed E-state index contributed by atoms with van der Waals surface area (Å²) in [6, 6.07) is 6.08. The maximum atomic E-state index is 15.0. The standard InChI is InChI=1S/C23H22F3N7O3/c1-11(2)28-23(34)36-17-10-35-21(20(17)26)16-8-18(32-31-16)30-22-29-15(9-19-27-3-4-33(19)22)12-5-13(24)7-14(25)6-12/h3-9,11,17,20-21H,10H2,1-2H3,(H,28,34)(H2,29,30,31,32)/t17-,20-,21-/m1/s1. The van der Waals surface area contributed by atoms with Crippen molar-refractivity contribution in [3.05, 3.63) is 60.1 Å². The van der Waals surface area contributed by atoms with E-state index in [1.54, 1.807) is 36.7 Å². The third kappa shape index (κ3) is 4.82. The monoisotopic (exact) mass is 501 g/mol. The number of ether oxygens (including phenoxy) is 2. The molecule has 13 heteroatoms. The van der Waals surface area contributed by atoms with Gasteiger partial charge in [-0.2, -0.15) is 5.10 Å². The average Bonchev–Trinajstić information content (AvgIpc) is 3.53. The summed E-state index contributed by atoms with van der Waals surface area (Å²) in [6.07, 6.45) is -1.22. The zero-order chi connectivity index (χ0) is 25.4. The van der Waals surface area contributed by atoms with Crippen molar-refractivity contribution < 1.29 is 27.4 Å². The number of rotatable bonds is 6. The Morgan fingerprint density at radius 2 is 2.00 bits per heavy atom. The van der Waals surface area contributed by atoms with E-state index in [1.165, 1.54) is 18.2 Å². The first-order chi connectivity index (χ1) is 17.3. The number of alkyl carbamates (subject to hydrolysis) is 1. The van der Waals surface area contributed by atoms with Gasteiger partial charge in [0.05, 0.1) is 18.0 Å². The van der Waals surface area contributed by atoms with E-state index < -0.39 is 36.1 Å². The summed E-state index contributed by atoms with van der Waals surface area (Å²) in [6.45, 7) is 3.42. The van der Waals surface area contributed by atoms with Crippen LogP contribution in [-0.2, 0) is 9.47 Å². The number of hydrogen-bond donors (Lipinski definition) is 3. The van der Waals surface area contributed by atoms with Crippen LogP contribution in [0, 0.1) is 11.6 Å². The quantitative estimate of drug-likeness (QED) is 0.365. The number of nitrogens with zero attached hydrogens (tertiary/aromatic N) is 4. The Bertz CT molecular complexity index is 1390. The Hall–Kier alpha value is -4.13. The molecule has 0 radical (unpaired) electrons. The van der Waals surface area contributed by atoms with Gasteiger partial charge in [-0.15, -0.1) is 0 Å². The number of H-pyrrole nitrogens is 1. The molecular weight excluding hydrogens is 479 g/mol. The van der Waals surface area contributed by atoms with Crippen molar-refractivity contribution in [2.75, 3.05) is 11.9 Å². The fourth-order valence-corrected chi connectivity index (χ4v) is 3.87. The van der Waals surface area contributed by atoms with Crippen molar-refractivity contribution in [1.29, 1.82) is 0 Å². The molecule has 1 amide bonds. The molecule has 3 aromatic heterocycles. The first-order valence-corrected chi connectivity index (χ1v) is 11.1. The summed E-state index contributed by atoms with van der Waals surface area (Å²) >= 11 is 0. The fraction of sp³-hybridized carbons (Fsp3) is 0.304. The van der Waals surface area contributed by atoms with Gasteiger partial charge in [0.15, 0.2) is 18.1 Å². The molecule has 4 aromatic rings. The van der Waals surface area contributed by atoms with Crippen LogP contribution in [0.25, 0.3) is 16.9 Å². The first-order valence-electron chi connectivity index (χ1n) is 11.1. The van der Waals surface area contributed by atoms with Crippen LogP contribution in [0.15, 0.2) is 42.7 Å². The van der Waals surface area contributed by atoms with Crippen LogP contribution in [0.4, 0.5) is 29.7 Å². The summed E-state index contributed by atoms with van der Waals surface area (Å²) < 4.78 is 54.7. The second-order valence-electron chi connectivity index (χ2n) is 8.55. The molecule has 0 saturated carbocycles. The van der Waals surface area contributed by atoms with Gasteiger partial charge < -0.3 is 20.1 Å². The molecule has 36 heavy (non-hydrogen) atoms. The van der Waals surface area contributed by atoms with E-state index in [1.807, 2.05) is 0 Å². The van der Waals surface area contributed by atoms with Gasteiger partial charge in [0, 0.05) is 42.2 Å². The molecule has 10 nitrogen and oxygen atoms in total. The van der Waals surface area contributed by atoms with Crippen molar-refractivity contribution in [2.24, 2.45) is 0 Å². The highest BCUT2D eigenvalue weighted by atomic mass is 19.1. The van der Waals surface area contributed by atoms with Crippen LogP contribution in [0.1, 0.15) is 25.6 Å². The van der Waals surface area contributed by atoms with Crippen LogP contribution < -0.4 is 10.6 Å². The number of hydrogen-bond acceptors (Lipinski definition) is 7. The van der Waals surface area contributed by atoms with E-state index >= 15 is 0 Å². The molecule has 0 unspecified atom stereocenters. The Morgan fingerprint density at radius 3 is 2.75 bits per heavy atom. The van der Waals surface area contributed by atoms with Crippen molar-refractivity contribution in [3.8, 4) is 11.3 Å². The van der Waals surface area contributed by atoms with Crippen LogP contribution >= 0.6 is 0 Å². The highest BCUT2D eigenvalue weighted by Gasteiger charge is 2.42. The molecule has 1 aliphatic rings. The zero-order valence-corrected chi connectivity index (χ0v) is 19.2. The van der Waals surface area contributed by atoms with Gasteiger partial charge in [0.25, 0.3) is 0 Å². The Balaban J connectivity index is 1.36. The number of amides is 1.